The summed E-state index contributed by atoms with van der Waals surface area (Å²) in [6.07, 6.45) is 4.98. The first-order valence-electron chi connectivity index (χ1n) is 7.67. The second-order valence-electron chi connectivity index (χ2n) is 6.53. The van der Waals surface area contributed by atoms with Gasteiger partial charge in [0.15, 0.2) is 6.34 Å². The third-order valence-electron chi connectivity index (χ3n) is 4.59. The molecule has 0 spiro atoms. The molecule has 7 heteroatoms. The fraction of sp³-hybridized carbons (Fsp3) is 0.667. The predicted octanol–water partition coefficient (Wildman–Crippen LogP) is 0.805. The van der Waals surface area contributed by atoms with Crippen molar-refractivity contribution < 1.29 is 0 Å². The van der Waals surface area contributed by atoms with Crippen molar-refractivity contribution >= 4 is 17.8 Å². The van der Waals surface area contributed by atoms with E-state index in [9.17, 15) is 9.59 Å². The van der Waals surface area contributed by atoms with Crippen LogP contribution in [0.25, 0.3) is 0 Å². The Morgan fingerprint density at radius 2 is 2.05 bits per heavy atom. The number of aromatic amines is 1. The number of quaternary nitrogens is 1. The van der Waals surface area contributed by atoms with Gasteiger partial charge in [-0.2, -0.15) is 4.99 Å². The molecule has 1 N–H and O–H groups in total. The zero-order chi connectivity index (χ0) is 16.5. The standard InChI is InChI=1S/C15H25N5O2/c1-11(18(2)3)8-6-7-9-20(5)10-16-13-12(20)14(21)17-15(22)19(13)4/h10-11H,6-9H2,1-5H3/p+1. The van der Waals surface area contributed by atoms with E-state index in [1.807, 2.05) is 7.05 Å². The Labute approximate surface area is 130 Å². The van der Waals surface area contributed by atoms with Crippen LogP contribution < -0.4 is 15.7 Å². The largest absolute Gasteiger partial charge is 0.330 e. The molecule has 0 fully saturated rings. The average Bonchev–Trinajstić information content (AvgIpc) is 2.79. The van der Waals surface area contributed by atoms with E-state index in [1.54, 1.807) is 13.4 Å². The highest BCUT2D eigenvalue weighted by atomic mass is 16.2. The Bertz CT molecular complexity index is 688. The lowest BCUT2D eigenvalue weighted by Gasteiger charge is -2.25. The molecule has 0 saturated heterocycles. The lowest BCUT2D eigenvalue weighted by Crippen LogP contribution is -2.47. The number of hydrogen-bond donors (Lipinski definition) is 1. The van der Waals surface area contributed by atoms with E-state index in [4.69, 9.17) is 0 Å². The molecule has 0 aliphatic carbocycles. The number of fused-ring (bicyclic) bond motifs is 1. The van der Waals surface area contributed by atoms with E-state index in [0.717, 1.165) is 25.8 Å². The van der Waals surface area contributed by atoms with Crippen molar-refractivity contribution in [2.24, 2.45) is 12.0 Å². The van der Waals surface area contributed by atoms with Crippen LogP contribution >= 0.6 is 0 Å². The predicted molar refractivity (Wildman–Crippen MR) is 90.0 cm³/mol. The quantitative estimate of drug-likeness (QED) is 0.624. The second kappa shape index (κ2) is 6.18. The first-order chi connectivity index (χ1) is 10.3. The summed E-state index contributed by atoms with van der Waals surface area (Å²) in [5, 5.41) is 0. The molecule has 1 aromatic rings. The zero-order valence-electron chi connectivity index (χ0n) is 14.1. The number of unbranched alkanes of at least 4 members (excludes halogenated alkanes) is 1. The summed E-state index contributed by atoms with van der Waals surface area (Å²) in [5.74, 6) is 0.470. The van der Waals surface area contributed by atoms with E-state index in [0.29, 0.717) is 22.0 Å². The van der Waals surface area contributed by atoms with Crippen molar-refractivity contribution in [2.75, 3.05) is 27.7 Å². The van der Waals surface area contributed by atoms with Crippen LogP contribution in [0.5, 0.6) is 0 Å². The van der Waals surface area contributed by atoms with Crippen LogP contribution in [0.15, 0.2) is 14.6 Å². The minimum Gasteiger partial charge on any atom is -0.307 e. The Morgan fingerprint density at radius 1 is 1.36 bits per heavy atom. The van der Waals surface area contributed by atoms with Crippen molar-refractivity contribution in [1.82, 2.24) is 18.9 Å². The Kier molecular flexibility index (Phi) is 4.67. The molecule has 22 heavy (non-hydrogen) atoms. The third kappa shape index (κ3) is 3.05. The number of hydrogen-bond acceptors (Lipinski definition) is 4. The summed E-state index contributed by atoms with van der Waals surface area (Å²) in [7, 11) is 7.76. The summed E-state index contributed by atoms with van der Waals surface area (Å²) < 4.78 is 1.75. The molecule has 1 aliphatic heterocycles. The molecule has 0 aromatic carbocycles. The number of aliphatic imine (C=N–C) groups is 1. The minimum atomic E-state index is -0.422. The number of nitrogens with one attached hydrogen (secondary N) is 1. The highest BCUT2D eigenvalue weighted by Gasteiger charge is 2.36. The first-order valence-corrected chi connectivity index (χ1v) is 7.67. The molecular formula is C15H26N5O2+. The van der Waals surface area contributed by atoms with E-state index in [1.165, 1.54) is 4.57 Å². The van der Waals surface area contributed by atoms with Gasteiger partial charge < -0.3 is 4.90 Å². The van der Waals surface area contributed by atoms with E-state index in [-0.39, 0.29) is 5.56 Å². The van der Waals surface area contributed by atoms with Gasteiger partial charge in [0.2, 0.25) is 11.5 Å². The first kappa shape index (κ1) is 16.6. The maximum absolute atomic E-state index is 12.2. The maximum atomic E-state index is 12.2. The van der Waals surface area contributed by atoms with Crippen molar-refractivity contribution in [3.05, 3.63) is 20.8 Å². The van der Waals surface area contributed by atoms with Crippen molar-refractivity contribution in [3.63, 3.8) is 0 Å². The normalized spacial score (nSPS) is 21.4. The van der Waals surface area contributed by atoms with Gasteiger partial charge in [-0.1, -0.05) is 0 Å². The van der Waals surface area contributed by atoms with Gasteiger partial charge in [0.25, 0.3) is 0 Å². The Morgan fingerprint density at radius 3 is 2.68 bits per heavy atom. The van der Waals surface area contributed by atoms with E-state index < -0.39 is 5.69 Å². The molecule has 2 unspecified atom stereocenters. The average molecular weight is 308 g/mol. The fourth-order valence-electron chi connectivity index (χ4n) is 2.75. The number of nitrogens with zero attached hydrogens (tertiary/aromatic N) is 4. The molecule has 0 bridgehead atoms. The molecular weight excluding hydrogens is 282 g/mol. The fourth-order valence-corrected chi connectivity index (χ4v) is 2.75. The zero-order valence-corrected chi connectivity index (χ0v) is 14.1. The minimum absolute atomic E-state index is 0.334. The summed E-state index contributed by atoms with van der Waals surface area (Å²) >= 11 is 0. The van der Waals surface area contributed by atoms with Crippen LogP contribution in [0, 0.1) is 0 Å². The van der Waals surface area contributed by atoms with Gasteiger partial charge in [0, 0.05) is 13.1 Å². The number of rotatable bonds is 6. The van der Waals surface area contributed by atoms with Crippen LogP contribution in [-0.4, -0.2) is 54.5 Å². The lowest BCUT2D eigenvalue weighted by molar-refractivity contribution is 0.289. The van der Waals surface area contributed by atoms with Gasteiger partial charge in [-0.3, -0.25) is 14.3 Å². The van der Waals surface area contributed by atoms with Crippen LogP contribution in [0.2, 0.25) is 0 Å². The van der Waals surface area contributed by atoms with Crippen molar-refractivity contribution in [2.45, 2.75) is 32.2 Å². The Balaban J connectivity index is 2.09. The molecule has 7 nitrogen and oxygen atoms in total. The van der Waals surface area contributed by atoms with Gasteiger partial charge in [0.05, 0.1) is 13.6 Å². The van der Waals surface area contributed by atoms with Gasteiger partial charge in [-0.25, -0.2) is 9.28 Å². The van der Waals surface area contributed by atoms with Crippen LogP contribution in [0.1, 0.15) is 26.2 Å². The summed E-state index contributed by atoms with van der Waals surface area (Å²) in [6.45, 7) is 3.02. The molecule has 0 saturated carbocycles. The van der Waals surface area contributed by atoms with Crippen molar-refractivity contribution in [1.29, 1.82) is 0 Å². The molecule has 0 amide bonds. The molecule has 1 aliphatic rings. The van der Waals surface area contributed by atoms with Crippen molar-refractivity contribution in [3.8, 4) is 0 Å². The lowest BCUT2D eigenvalue weighted by atomic mass is 10.1. The highest BCUT2D eigenvalue weighted by molar-refractivity contribution is 5.86. The second-order valence-corrected chi connectivity index (χ2v) is 6.53. The smallest absolute Gasteiger partial charge is 0.307 e. The Hall–Kier alpha value is -1.73. The van der Waals surface area contributed by atoms with Crippen LogP contribution in [0.4, 0.5) is 11.5 Å². The van der Waals surface area contributed by atoms with Crippen LogP contribution in [0.3, 0.4) is 0 Å². The molecule has 0 radical (unpaired) electrons. The molecule has 1 aromatic heterocycles. The maximum Gasteiger partial charge on any atom is 0.330 e. The topological polar surface area (TPSA) is 70.5 Å². The number of H-pyrrole nitrogens is 1. The summed E-state index contributed by atoms with van der Waals surface area (Å²) in [4.78, 5) is 32.7. The number of aromatic nitrogens is 2. The summed E-state index contributed by atoms with van der Waals surface area (Å²) in [6, 6.07) is 0.550. The molecule has 122 valence electrons. The van der Waals surface area contributed by atoms with Gasteiger partial charge >= 0.3 is 11.2 Å². The van der Waals surface area contributed by atoms with Crippen LogP contribution in [-0.2, 0) is 7.05 Å². The monoisotopic (exact) mass is 308 g/mol. The van der Waals surface area contributed by atoms with Gasteiger partial charge in [0.1, 0.15) is 0 Å². The summed E-state index contributed by atoms with van der Waals surface area (Å²) in [5.41, 5.74) is -0.198. The highest BCUT2D eigenvalue weighted by Crippen LogP contribution is 2.31. The molecule has 2 atom stereocenters. The van der Waals surface area contributed by atoms with Gasteiger partial charge in [-0.05, 0) is 40.3 Å². The molecule has 2 rings (SSSR count). The molecule has 2 heterocycles. The SMILES string of the molecule is CC(CCCC[N+]1(C)C=Nc2c1c(=O)[nH]c(=O)n2C)N(C)C. The van der Waals surface area contributed by atoms with Gasteiger partial charge in [-0.15, -0.1) is 0 Å². The van der Waals surface area contributed by atoms with E-state index in [2.05, 4.69) is 35.9 Å². The third-order valence-corrected chi connectivity index (χ3v) is 4.59. The van der Waals surface area contributed by atoms with E-state index >= 15 is 0 Å².